The zero-order chi connectivity index (χ0) is 10.6. The lowest BCUT2D eigenvalue weighted by molar-refractivity contribution is 0.155. The van der Waals surface area contributed by atoms with Crippen molar-refractivity contribution in [1.29, 1.82) is 0 Å². The maximum absolute atomic E-state index is 12.2. The van der Waals surface area contributed by atoms with Gasteiger partial charge in [0.25, 0.3) is 6.43 Å². The Morgan fingerprint density at radius 3 is 2.71 bits per heavy atom. The van der Waals surface area contributed by atoms with E-state index < -0.39 is 6.43 Å². The molecular weight excluding hydrogens is 210 g/mol. The van der Waals surface area contributed by atoms with Crippen LogP contribution in [0.4, 0.5) is 13.9 Å². The quantitative estimate of drug-likeness (QED) is 0.803. The Hall–Kier alpha value is -0.820. The van der Waals surface area contributed by atoms with Crippen LogP contribution >= 0.6 is 11.5 Å². The van der Waals surface area contributed by atoms with Gasteiger partial charge in [0.2, 0.25) is 5.13 Å². The Kier molecular flexibility index (Phi) is 4.15. The van der Waals surface area contributed by atoms with E-state index in [9.17, 15) is 8.78 Å². The fraction of sp³-hybridized carbons (Fsp3) is 0.714. The molecule has 1 rings (SSSR count). The molecule has 0 spiro atoms. The minimum absolute atomic E-state index is 0.325. The molecule has 0 aliphatic heterocycles. The average molecular weight is 222 g/mol. The van der Waals surface area contributed by atoms with Crippen LogP contribution in [-0.4, -0.2) is 35.4 Å². The molecule has 0 amide bonds. The third-order valence-electron chi connectivity index (χ3n) is 1.54. The van der Waals surface area contributed by atoms with Crippen LogP contribution in [0.2, 0.25) is 0 Å². The molecular formula is C7H12F2N4S. The molecule has 0 radical (unpaired) electrons. The van der Waals surface area contributed by atoms with E-state index in [1.165, 1.54) is 4.90 Å². The molecule has 1 heterocycles. The minimum atomic E-state index is -2.38. The van der Waals surface area contributed by atoms with E-state index in [1.807, 2.05) is 0 Å². The Morgan fingerprint density at radius 2 is 2.29 bits per heavy atom. The second-order valence-corrected chi connectivity index (χ2v) is 3.48. The van der Waals surface area contributed by atoms with Gasteiger partial charge in [-0.3, -0.25) is 0 Å². The molecule has 7 heteroatoms. The van der Waals surface area contributed by atoms with Crippen molar-refractivity contribution in [3.05, 3.63) is 5.82 Å². The molecule has 0 saturated heterocycles. The Balaban J connectivity index is 2.66. The first-order valence-electron chi connectivity index (χ1n) is 4.17. The van der Waals surface area contributed by atoms with E-state index in [-0.39, 0.29) is 6.54 Å². The van der Waals surface area contributed by atoms with Crippen LogP contribution in [0.1, 0.15) is 5.82 Å². The van der Waals surface area contributed by atoms with Gasteiger partial charge in [-0.25, -0.2) is 13.8 Å². The third-order valence-corrected chi connectivity index (χ3v) is 2.41. The van der Waals surface area contributed by atoms with Crippen molar-refractivity contribution in [1.82, 2.24) is 9.36 Å². The van der Waals surface area contributed by atoms with Gasteiger partial charge >= 0.3 is 0 Å². The summed E-state index contributed by atoms with van der Waals surface area (Å²) in [6.07, 6.45) is -2.38. The van der Waals surface area contributed by atoms with Crippen molar-refractivity contribution in [2.24, 2.45) is 5.73 Å². The number of halogens is 2. The molecule has 14 heavy (non-hydrogen) atoms. The summed E-state index contributed by atoms with van der Waals surface area (Å²) in [5.74, 6) is 0.598. The summed E-state index contributed by atoms with van der Waals surface area (Å²) in [4.78, 5) is 5.48. The predicted octanol–water partition coefficient (Wildman–Crippen LogP) is 0.877. The maximum Gasteiger partial charge on any atom is 0.255 e. The molecule has 0 fully saturated rings. The normalized spacial score (nSPS) is 10.9. The zero-order valence-corrected chi connectivity index (χ0v) is 8.60. The van der Waals surface area contributed by atoms with Crippen LogP contribution in [0.25, 0.3) is 0 Å². The minimum Gasteiger partial charge on any atom is -0.340 e. The summed E-state index contributed by atoms with van der Waals surface area (Å²) >= 11 is 1.12. The molecule has 0 aliphatic carbocycles. The molecule has 1 aromatic rings. The van der Waals surface area contributed by atoms with Crippen molar-refractivity contribution < 1.29 is 8.78 Å². The number of hydrogen-bond donors (Lipinski definition) is 1. The van der Waals surface area contributed by atoms with Crippen LogP contribution in [0, 0.1) is 6.92 Å². The van der Waals surface area contributed by atoms with Crippen LogP contribution in [0.3, 0.4) is 0 Å². The highest BCUT2D eigenvalue weighted by Crippen LogP contribution is 2.17. The molecule has 0 aliphatic rings. The lowest BCUT2D eigenvalue weighted by Crippen LogP contribution is -2.33. The Bertz CT molecular complexity index is 278. The fourth-order valence-electron chi connectivity index (χ4n) is 1.00. The summed E-state index contributed by atoms with van der Waals surface area (Å²) in [5.41, 5.74) is 5.32. The lowest BCUT2D eigenvalue weighted by atomic mass is 10.5. The van der Waals surface area contributed by atoms with Gasteiger partial charge in [0, 0.05) is 24.6 Å². The lowest BCUT2D eigenvalue weighted by Gasteiger charge is -2.19. The van der Waals surface area contributed by atoms with Crippen molar-refractivity contribution in [2.75, 3.05) is 24.5 Å². The SMILES string of the molecule is Cc1nsc(N(CCN)CC(F)F)n1. The Labute approximate surface area is 84.9 Å². The van der Waals surface area contributed by atoms with Gasteiger partial charge in [0.05, 0.1) is 6.54 Å². The second-order valence-electron chi connectivity index (χ2n) is 2.75. The van der Waals surface area contributed by atoms with Crippen LogP contribution in [0.5, 0.6) is 0 Å². The zero-order valence-electron chi connectivity index (χ0n) is 7.78. The number of nitrogens with two attached hydrogens (primary N) is 1. The number of nitrogens with zero attached hydrogens (tertiary/aromatic N) is 3. The van der Waals surface area contributed by atoms with Gasteiger partial charge in [-0.1, -0.05) is 0 Å². The van der Waals surface area contributed by atoms with Crippen LogP contribution < -0.4 is 10.6 Å². The predicted molar refractivity (Wildman–Crippen MR) is 51.9 cm³/mol. The van der Waals surface area contributed by atoms with Crippen molar-refractivity contribution in [3.63, 3.8) is 0 Å². The largest absolute Gasteiger partial charge is 0.340 e. The molecule has 0 bridgehead atoms. The van der Waals surface area contributed by atoms with E-state index in [1.54, 1.807) is 6.92 Å². The van der Waals surface area contributed by atoms with Gasteiger partial charge < -0.3 is 10.6 Å². The second kappa shape index (κ2) is 5.16. The number of anilines is 1. The molecule has 0 aromatic carbocycles. The van der Waals surface area contributed by atoms with Crippen molar-refractivity contribution in [3.8, 4) is 0 Å². The number of alkyl halides is 2. The van der Waals surface area contributed by atoms with Gasteiger partial charge in [0.1, 0.15) is 5.82 Å². The number of hydrogen-bond acceptors (Lipinski definition) is 5. The highest BCUT2D eigenvalue weighted by Gasteiger charge is 2.15. The summed E-state index contributed by atoms with van der Waals surface area (Å²) in [7, 11) is 0. The van der Waals surface area contributed by atoms with Crippen LogP contribution in [-0.2, 0) is 0 Å². The van der Waals surface area contributed by atoms with Crippen molar-refractivity contribution >= 4 is 16.7 Å². The topological polar surface area (TPSA) is 55.0 Å². The summed E-state index contributed by atoms with van der Waals surface area (Å²) in [6.45, 7) is 2.08. The number of rotatable bonds is 5. The van der Waals surface area contributed by atoms with E-state index >= 15 is 0 Å². The van der Waals surface area contributed by atoms with E-state index in [2.05, 4.69) is 9.36 Å². The standard InChI is InChI=1S/C7H12F2N4S/c1-5-11-7(14-12-5)13(3-2-10)4-6(8)9/h6H,2-4,10H2,1H3. The van der Waals surface area contributed by atoms with Gasteiger partial charge in [-0.2, -0.15) is 4.37 Å². The average Bonchev–Trinajstić information content (AvgIpc) is 2.50. The first-order valence-corrected chi connectivity index (χ1v) is 4.94. The molecule has 4 nitrogen and oxygen atoms in total. The molecule has 80 valence electrons. The van der Waals surface area contributed by atoms with Gasteiger partial charge in [0.15, 0.2) is 0 Å². The summed E-state index contributed by atoms with van der Waals surface area (Å²) < 4.78 is 28.3. The number of aromatic nitrogens is 2. The molecule has 0 atom stereocenters. The van der Waals surface area contributed by atoms with Gasteiger partial charge in [-0.05, 0) is 6.92 Å². The van der Waals surface area contributed by atoms with E-state index in [0.29, 0.717) is 24.0 Å². The summed E-state index contributed by atoms with van der Waals surface area (Å²) in [6, 6.07) is 0. The highest BCUT2D eigenvalue weighted by atomic mass is 32.1. The first kappa shape index (κ1) is 11.3. The van der Waals surface area contributed by atoms with Crippen molar-refractivity contribution in [2.45, 2.75) is 13.3 Å². The third kappa shape index (κ3) is 3.15. The molecule has 0 saturated carbocycles. The monoisotopic (exact) mass is 222 g/mol. The molecule has 1 aromatic heterocycles. The smallest absolute Gasteiger partial charge is 0.255 e. The summed E-state index contributed by atoms with van der Waals surface area (Å²) in [5, 5.41) is 0.508. The van der Waals surface area contributed by atoms with Crippen LogP contribution in [0.15, 0.2) is 0 Å². The first-order chi connectivity index (χ1) is 6.63. The van der Waals surface area contributed by atoms with E-state index in [4.69, 9.17) is 5.73 Å². The highest BCUT2D eigenvalue weighted by molar-refractivity contribution is 7.09. The number of aryl methyl sites for hydroxylation is 1. The molecule has 2 N–H and O–H groups in total. The van der Waals surface area contributed by atoms with E-state index in [0.717, 1.165) is 11.5 Å². The fourth-order valence-corrected chi connectivity index (χ4v) is 1.71. The van der Waals surface area contributed by atoms with Gasteiger partial charge in [-0.15, -0.1) is 0 Å². The molecule has 0 unspecified atom stereocenters. The maximum atomic E-state index is 12.2. The Morgan fingerprint density at radius 1 is 1.57 bits per heavy atom.